The van der Waals surface area contributed by atoms with Crippen molar-refractivity contribution in [2.45, 2.75) is 39.5 Å². The molecule has 1 heterocycles. The molecule has 1 aromatic rings. The Kier molecular flexibility index (Phi) is 4.82. The lowest BCUT2D eigenvalue weighted by molar-refractivity contribution is -0.133. The summed E-state index contributed by atoms with van der Waals surface area (Å²) in [6.45, 7) is 4.50. The van der Waals surface area contributed by atoms with Crippen LogP contribution in [0, 0.1) is 6.92 Å². The molecule has 1 rings (SSSR count). The highest BCUT2D eigenvalue weighted by atomic mass is 35.5. The molecule has 0 spiro atoms. The number of rotatable bonds is 5. The van der Waals surface area contributed by atoms with Gasteiger partial charge in [0.2, 0.25) is 0 Å². The number of aryl methyl sites for hydroxylation is 2. The van der Waals surface area contributed by atoms with Crippen molar-refractivity contribution in [2.24, 2.45) is 0 Å². The highest BCUT2D eigenvalue weighted by Crippen LogP contribution is 2.21. The first-order chi connectivity index (χ1) is 7.85. The van der Waals surface area contributed by atoms with Gasteiger partial charge in [0.05, 0.1) is 22.8 Å². The van der Waals surface area contributed by atoms with Gasteiger partial charge in [0, 0.05) is 19.6 Å². The van der Waals surface area contributed by atoms with Gasteiger partial charge in [-0.05, 0) is 13.8 Å². The first kappa shape index (κ1) is 14.3. The Labute approximate surface area is 103 Å². The van der Waals surface area contributed by atoms with E-state index in [1.165, 1.54) is 0 Å². The zero-order valence-corrected chi connectivity index (χ0v) is 10.5. The summed E-state index contributed by atoms with van der Waals surface area (Å²) >= 11 is 6.02. The van der Waals surface area contributed by atoms with Gasteiger partial charge in [0.15, 0.2) is 0 Å². The summed E-state index contributed by atoms with van der Waals surface area (Å²) in [4.78, 5) is 0. The molecule has 0 unspecified atom stereocenters. The zero-order valence-electron chi connectivity index (χ0n) is 9.73. The van der Waals surface area contributed by atoms with Crippen LogP contribution in [-0.4, -0.2) is 22.5 Å². The van der Waals surface area contributed by atoms with E-state index in [-0.39, 0.29) is 6.54 Å². The van der Waals surface area contributed by atoms with Crippen LogP contribution in [0.1, 0.15) is 24.7 Å². The van der Waals surface area contributed by atoms with Crippen molar-refractivity contribution in [1.29, 1.82) is 0 Å². The predicted molar refractivity (Wildman–Crippen MR) is 60.0 cm³/mol. The molecule has 0 aliphatic carbocycles. The lowest BCUT2D eigenvalue weighted by Crippen LogP contribution is -2.22. The van der Waals surface area contributed by atoms with E-state index < -0.39 is 12.6 Å². The molecule has 0 atom stereocenters. The number of hydrogen-bond donors (Lipinski definition) is 1. The van der Waals surface area contributed by atoms with Gasteiger partial charge < -0.3 is 5.32 Å². The van der Waals surface area contributed by atoms with Gasteiger partial charge in [-0.2, -0.15) is 18.3 Å². The number of aromatic nitrogens is 2. The number of alkyl halides is 3. The summed E-state index contributed by atoms with van der Waals surface area (Å²) in [7, 11) is 0. The third kappa shape index (κ3) is 4.20. The van der Waals surface area contributed by atoms with Crippen LogP contribution in [0.25, 0.3) is 0 Å². The summed E-state index contributed by atoms with van der Waals surface area (Å²) in [5.41, 5.74) is 1.43. The van der Waals surface area contributed by atoms with Crippen molar-refractivity contribution in [3.05, 3.63) is 16.4 Å². The monoisotopic (exact) mass is 269 g/mol. The maximum atomic E-state index is 11.9. The van der Waals surface area contributed by atoms with E-state index in [2.05, 4.69) is 10.4 Å². The minimum Gasteiger partial charge on any atom is -0.311 e. The van der Waals surface area contributed by atoms with Crippen molar-refractivity contribution in [3.8, 4) is 0 Å². The van der Waals surface area contributed by atoms with Crippen LogP contribution in [0.5, 0.6) is 0 Å². The molecular formula is C10H15ClF3N3. The number of nitrogens with one attached hydrogen (secondary N) is 1. The standard InChI is InChI=1S/C10H15ClF3N3/c1-3-17-8(9(11)7(2)16-17)6-15-5-4-10(12,13)14/h15H,3-6H2,1-2H3. The normalized spacial score (nSPS) is 12.1. The molecule has 98 valence electrons. The van der Waals surface area contributed by atoms with Crippen molar-refractivity contribution >= 4 is 11.6 Å². The van der Waals surface area contributed by atoms with Gasteiger partial charge in [-0.3, -0.25) is 4.68 Å². The molecule has 1 aromatic heterocycles. The van der Waals surface area contributed by atoms with Gasteiger partial charge in [0.1, 0.15) is 0 Å². The Hall–Kier alpha value is -0.750. The number of halogens is 4. The molecule has 0 aliphatic heterocycles. The van der Waals surface area contributed by atoms with Crippen LogP contribution in [0.15, 0.2) is 0 Å². The van der Waals surface area contributed by atoms with E-state index >= 15 is 0 Å². The van der Waals surface area contributed by atoms with E-state index in [0.29, 0.717) is 23.8 Å². The van der Waals surface area contributed by atoms with Crippen molar-refractivity contribution in [2.75, 3.05) is 6.54 Å². The van der Waals surface area contributed by atoms with Crippen LogP contribution < -0.4 is 5.32 Å². The summed E-state index contributed by atoms with van der Waals surface area (Å²) in [6.07, 6.45) is -4.97. The van der Waals surface area contributed by atoms with E-state index in [1.54, 1.807) is 11.6 Å². The molecule has 0 bridgehead atoms. The summed E-state index contributed by atoms with van der Waals surface area (Å²) < 4.78 is 37.5. The lowest BCUT2D eigenvalue weighted by Gasteiger charge is -2.09. The Morgan fingerprint density at radius 2 is 2.06 bits per heavy atom. The summed E-state index contributed by atoms with van der Waals surface area (Å²) in [5.74, 6) is 0. The molecular weight excluding hydrogens is 255 g/mol. The Bertz CT molecular complexity index is 374. The predicted octanol–water partition coefficient (Wildman–Crippen LogP) is 2.91. The average Bonchev–Trinajstić information content (AvgIpc) is 2.49. The summed E-state index contributed by atoms with van der Waals surface area (Å²) in [6, 6.07) is 0. The topological polar surface area (TPSA) is 29.9 Å². The van der Waals surface area contributed by atoms with Crippen LogP contribution >= 0.6 is 11.6 Å². The quantitative estimate of drug-likeness (QED) is 0.833. The SMILES string of the molecule is CCn1nc(C)c(Cl)c1CNCCC(F)(F)F. The van der Waals surface area contributed by atoms with Crippen LogP contribution in [0.3, 0.4) is 0 Å². The van der Waals surface area contributed by atoms with Crippen molar-refractivity contribution < 1.29 is 13.2 Å². The molecule has 0 aromatic carbocycles. The molecule has 1 N–H and O–H groups in total. The molecule has 0 saturated carbocycles. The van der Waals surface area contributed by atoms with Crippen LogP contribution in [0.2, 0.25) is 5.02 Å². The molecule has 0 amide bonds. The average molecular weight is 270 g/mol. The number of hydrogen-bond acceptors (Lipinski definition) is 2. The van der Waals surface area contributed by atoms with Gasteiger partial charge in [0.25, 0.3) is 0 Å². The highest BCUT2D eigenvalue weighted by Gasteiger charge is 2.26. The van der Waals surface area contributed by atoms with Crippen molar-refractivity contribution in [3.63, 3.8) is 0 Å². The maximum Gasteiger partial charge on any atom is 0.390 e. The van der Waals surface area contributed by atoms with Gasteiger partial charge in [-0.25, -0.2) is 0 Å². The number of nitrogens with zero attached hydrogens (tertiary/aromatic N) is 2. The maximum absolute atomic E-state index is 11.9. The van der Waals surface area contributed by atoms with E-state index in [9.17, 15) is 13.2 Å². The molecule has 0 aliphatic rings. The zero-order chi connectivity index (χ0) is 13.1. The molecule has 3 nitrogen and oxygen atoms in total. The Balaban J connectivity index is 2.52. The fraction of sp³-hybridized carbons (Fsp3) is 0.700. The van der Waals surface area contributed by atoms with Crippen molar-refractivity contribution in [1.82, 2.24) is 15.1 Å². The molecule has 0 saturated heterocycles. The molecule has 0 radical (unpaired) electrons. The summed E-state index contributed by atoms with van der Waals surface area (Å²) in [5, 5.41) is 7.42. The fourth-order valence-electron chi connectivity index (χ4n) is 1.47. The highest BCUT2D eigenvalue weighted by molar-refractivity contribution is 6.31. The minimum absolute atomic E-state index is 0.117. The largest absolute Gasteiger partial charge is 0.390 e. The first-order valence-corrected chi connectivity index (χ1v) is 5.72. The second-order valence-corrected chi connectivity index (χ2v) is 4.08. The third-order valence-electron chi connectivity index (χ3n) is 2.33. The first-order valence-electron chi connectivity index (χ1n) is 5.34. The Morgan fingerprint density at radius 3 is 2.59 bits per heavy atom. The third-order valence-corrected chi connectivity index (χ3v) is 2.82. The minimum atomic E-state index is -4.13. The van der Waals surface area contributed by atoms with Gasteiger partial charge in [-0.1, -0.05) is 11.6 Å². The van der Waals surface area contributed by atoms with Gasteiger partial charge in [-0.15, -0.1) is 0 Å². The molecule has 17 heavy (non-hydrogen) atoms. The molecule has 7 heteroatoms. The molecule has 0 fully saturated rings. The van der Waals surface area contributed by atoms with Crippen LogP contribution in [-0.2, 0) is 13.1 Å². The van der Waals surface area contributed by atoms with Crippen LogP contribution in [0.4, 0.5) is 13.2 Å². The second kappa shape index (κ2) is 5.73. The second-order valence-electron chi connectivity index (χ2n) is 3.70. The van der Waals surface area contributed by atoms with E-state index in [1.807, 2.05) is 6.92 Å². The van der Waals surface area contributed by atoms with E-state index in [0.717, 1.165) is 5.69 Å². The van der Waals surface area contributed by atoms with E-state index in [4.69, 9.17) is 11.6 Å². The lowest BCUT2D eigenvalue weighted by atomic mass is 10.3. The smallest absolute Gasteiger partial charge is 0.311 e. The fourth-order valence-corrected chi connectivity index (χ4v) is 1.68. The van der Waals surface area contributed by atoms with Gasteiger partial charge >= 0.3 is 6.18 Å². The Morgan fingerprint density at radius 1 is 1.41 bits per heavy atom.